The van der Waals surface area contributed by atoms with Crippen LogP contribution in [-0.2, 0) is 19.4 Å². The van der Waals surface area contributed by atoms with Gasteiger partial charge in [-0.2, -0.15) is 0 Å². The lowest BCUT2D eigenvalue weighted by Crippen LogP contribution is -2.53. The molecule has 0 aromatic heterocycles. The van der Waals surface area contributed by atoms with E-state index in [1.54, 1.807) is 47.4 Å². The molecule has 1 saturated carbocycles. The van der Waals surface area contributed by atoms with Gasteiger partial charge in [0.15, 0.2) is 9.84 Å². The lowest BCUT2D eigenvalue weighted by molar-refractivity contribution is -0.136. The van der Waals surface area contributed by atoms with Crippen LogP contribution >= 0.6 is 11.6 Å². The van der Waals surface area contributed by atoms with E-state index in [4.69, 9.17) is 16.6 Å². The summed E-state index contributed by atoms with van der Waals surface area (Å²) in [5.74, 6) is -0.597. The Balaban J connectivity index is 1.54. The summed E-state index contributed by atoms with van der Waals surface area (Å²) >= 11 is 5.99. The second-order valence-electron chi connectivity index (χ2n) is 8.55. The van der Waals surface area contributed by atoms with Crippen LogP contribution in [0.1, 0.15) is 44.1 Å². The van der Waals surface area contributed by atoms with Crippen molar-refractivity contribution in [1.29, 1.82) is 0 Å². The van der Waals surface area contributed by atoms with E-state index in [1.807, 2.05) is 0 Å². The smallest absolute Gasteiger partial charge is 0.275 e. The number of benzene rings is 1. The number of aliphatic imine (C=N–C) groups is 1. The summed E-state index contributed by atoms with van der Waals surface area (Å²) in [4.78, 5) is 32.9. The van der Waals surface area contributed by atoms with Gasteiger partial charge in [-0.15, -0.1) is 0 Å². The van der Waals surface area contributed by atoms with Crippen molar-refractivity contribution >= 4 is 39.0 Å². The minimum atomic E-state index is -3.36. The van der Waals surface area contributed by atoms with Gasteiger partial charge in [-0.3, -0.25) is 14.6 Å². The molecule has 170 valence electrons. The number of hydrogen-bond donors (Lipinski definition) is 1. The molecule has 0 radical (unpaired) electrons. The normalized spacial score (nSPS) is 22.6. The van der Waals surface area contributed by atoms with E-state index in [-0.39, 0.29) is 23.3 Å². The largest absolute Gasteiger partial charge is 0.348 e. The Hall–Kier alpha value is -2.45. The van der Waals surface area contributed by atoms with Crippen molar-refractivity contribution in [3.63, 3.8) is 0 Å². The summed E-state index contributed by atoms with van der Waals surface area (Å²) in [5, 5.41) is 3.43. The van der Waals surface area contributed by atoms with Crippen molar-refractivity contribution < 1.29 is 18.0 Å². The van der Waals surface area contributed by atoms with E-state index in [0.29, 0.717) is 35.6 Å². The maximum atomic E-state index is 13.4. The highest BCUT2D eigenvalue weighted by Crippen LogP contribution is 2.39. The molecule has 9 heteroatoms. The number of amides is 2. The van der Waals surface area contributed by atoms with Crippen molar-refractivity contribution in [2.45, 2.75) is 50.2 Å². The Labute approximate surface area is 193 Å². The first-order chi connectivity index (χ1) is 15.2. The predicted molar refractivity (Wildman–Crippen MR) is 124 cm³/mol. The molecule has 7 nitrogen and oxygen atoms in total. The molecular weight excluding hydrogens is 450 g/mol. The van der Waals surface area contributed by atoms with Crippen LogP contribution in [0.5, 0.6) is 0 Å². The zero-order chi connectivity index (χ0) is 22.9. The third-order valence-corrected chi connectivity index (χ3v) is 7.54. The van der Waals surface area contributed by atoms with Crippen LogP contribution in [0.2, 0.25) is 5.02 Å². The van der Waals surface area contributed by atoms with Crippen LogP contribution in [0.25, 0.3) is 0 Å². The maximum absolute atomic E-state index is 13.4. The second kappa shape index (κ2) is 8.83. The van der Waals surface area contributed by atoms with Crippen LogP contribution in [-0.4, -0.2) is 55.3 Å². The second-order valence-corrected chi connectivity index (χ2v) is 11.0. The Bertz CT molecular complexity index is 1120. The highest BCUT2D eigenvalue weighted by molar-refractivity contribution is 7.94. The summed E-state index contributed by atoms with van der Waals surface area (Å²) in [6, 6.07) is 6.54. The fourth-order valence-electron chi connectivity index (χ4n) is 4.54. The summed E-state index contributed by atoms with van der Waals surface area (Å²) < 4.78 is 23.6. The van der Waals surface area contributed by atoms with E-state index < -0.39 is 21.5 Å². The lowest BCUT2D eigenvalue weighted by Gasteiger charge is -2.39. The van der Waals surface area contributed by atoms with Gasteiger partial charge in [0.25, 0.3) is 5.91 Å². The number of rotatable bonds is 5. The zero-order valence-corrected chi connectivity index (χ0v) is 19.5. The van der Waals surface area contributed by atoms with Crippen molar-refractivity contribution in [2.75, 3.05) is 12.8 Å². The monoisotopic (exact) mass is 475 g/mol. The third kappa shape index (κ3) is 4.66. The van der Waals surface area contributed by atoms with Gasteiger partial charge in [0.1, 0.15) is 17.9 Å². The number of hydrogen-bond acceptors (Lipinski definition) is 5. The Morgan fingerprint density at radius 3 is 2.56 bits per heavy atom. The summed E-state index contributed by atoms with van der Waals surface area (Å²) in [7, 11) is -3.36. The number of carbonyl (C=O) groups excluding carboxylic acids is 2. The SMILES string of the molecule is CS(=O)(=O)C1=CC(NC(=O)CN2C(=O)C(c3ccc(Cl)cc3)=NC23CCCCC3)CC=C1. The van der Waals surface area contributed by atoms with Crippen LogP contribution in [0, 0.1) is 0 Å². The molecule has 1 heterocycles. The van der Waals surface area contributed by atoms with Gasteiger partial charge >= 0.3 is 0 Å². The number of nitrogens with one attached hydrogen (secondary N) is 1. The average Bonchev–Trinajstić information content (AvgIpc) is 3.00. The molecule has 2 aliphatic carbocycles. The summed E-state index contributed by atoms with van der Waals surface area (Å²) in [6.45, 7) is -0.123. The minimum Gasteiger partial charge on any atom is -0.348 e. The molecule has 1 fully saturated rings. The highest BCUT2D eigenvalue weighted by Gasteiger charge is 2.48. The molecule has 4 rings (SSSR count). The first kappa shape index (κ1) is 22.7. The van der Waals surface area contributed by atoms with Crippen molar-refractivity contribution in [3.05, 3.63) is 58.0 Å². The van der Waals surface area contributed by atoms with Gasteiger partial charge in [-0.25, -0.2) is 8.42 Å². The van der Waals surface area contributed by atoms with Crippen LogP contribution in [0.4, 0.5) is 0 Å². The minimum absolute atomic E-state index is 0.123. The van der Waals surface area contributed by atoms with Crippen LogP contribution in [0.15, 0.2) is 52.4 Å². The summed E-state index contributed by atoms with van der Waals surface area (Å²) in [6.07, 6.45) is 10.8. The maximum Gasteiger partial charge on any atom is 0.275 e. The van der Waals surface area contributed by atoms with Gasteiger partial charge in [0.05, 0.1) is 10.9 Å². The zero-order valence-electron chi connectivity index (χ0n) is 17.9. The van der Waals surface area contributed by atoms with Crippen molar-refractivity contribution in [1.82, 2.24) is 10.2 Å². The first-order valence-corrected chi connectivity index (χ1v) is 13.0. The number of nitrogens with zero attached hydrogens (tertiary/aromatic N) is 2. The third-order valence-electron chi connectivity index (χ3n) is 6.16. The van der Waals surface area contributed by atoms with E-state index >= 15 is 0 Å². The standard InChI is InChI=1S/C23H26ClN3O4S/c1-32(30,31)19-7-5-6-18(14-19)25-20(28)15-27-22(29)21(16-8-10-17(24)11-9-16)26-23(27)12-3-2-4-13-23/h5,7-11,14,18H,2-4,6,12-13,15H2,1H3,(H,25,28). The number of allylic oxidation sites excluding steroid dienone is 1. The molecule has 0 bridgehead atoms. The molecule has 3 aliphatic rings. The topological polar surface area (TPSA) is 95.9 Å². The molecule has 1 aromatic rings. The molecule has 1 aliphatic heterocycles. The first-order valence-electron chi connectivity index (χ1n) is 10.7. The fraction of sp³-hybridized carbons (Fsp3) is 0.435. The van der Waals surface area contributed by atoms with Crippen molar-refractivity contribution in [2.24, 2.45) is 4.99 Å². The molecule has 1 spiro atoms. The number of sulfone groups is 1. The Morgan fingerprint density at radius 1 is 1.22 bits per heavy atom. The molecule has 1 atom stereocenters. The van der Waals surface area contributed by atoms with Crippen LogP contribution in [0.3, 0.4) is 0 Å². The quantitative estimate of drug-likeness (QED) is 0.708. The lowest BCUT2D eigenvalue weighted by atomic mass is 9.88. The average molecular weight is 476 g/mol. The van der Waals surface area contributed by atoms with E-state index in [1.165, 1.54) is 0 Å². The molecule has 1 aromatic carbocycles. The summed E-state index contributed by atoms with van der Waals surface area (Å²) in [5.41, 5.74) is 0.337. The predicted octanol–water partition coefficient (Wildman–Crippen LogP) is 3.00. The van der Waals surface area contributed by atoms with Crippen LogP contribution < -0.4 is 5.32 Å². The van der Waals surface area contributed by atoms with Gasteiger partial charge in [-0.1, -0.05) is 36.2 Å². The molecule has 2 amide bonds. The Morgan fingerprint density at radius 2 is 1.91 bits per heavy atom. The van der Waals surface area contributed by atoms with E-state index in [2.05, 4.69) is 5.32 Å². The fourth-order valence-corrected chi connectivity index (χ4v) is 5.42. The number of halogens is 1. The molecule has 0 saturated heterocycles. The molecule has 1 unspecified atom stereocenters. The van der Waals surface area contributed by atoms with Gasteiger partial charge in [-0.05, 0) is 56.4 Å². The molecular formula is C23H26ClN3O4S. The molecule has 32 heavy (non-hydrogen) atoms. The van der Waals surface area contributed by atoms with Gasteiger partial charge in [0.2, 0.25) is 5.91 Å². The van der Waals surface area contributed by atoms with Gasteiger partial charge in [0, 0.05) is 16.8 Å². The Kier molecular flexibility index (Phi) is 6.27. The number of carbonyl (C=O) groups is 2. The highest BCUT2D eigenvalue weighted by atomic mass is 35.5. The molecule has 1 N–H and O–H groups in total. The van der Waals surface area contributed by atoms with Crippen molar-refractivity contribution in [3.8, 4) is 0 Å². The van der Waals surface area contributed by atoms with E-state index in [9.17, 15) is 18.0 Å². The van der Waals surface area contributed by atoms with E-state index in [0.717, 1.165) is 25.5 Å². The van der Waals surface area contributed by atoms with Gasteiger partial charge < -0.3 is 10.2 Å².